The highest BCUT2D eigenvalue weighted by Gasteiger charge is 2.12. The molecular formula is C11H18NO2+. The van der Waals surface area contributed by atoms with E-state index in [2.05, 4.69) is 11.8 Å². The highest BCUT2D eigenvalue weighted by atomic mass is 16.5. The van der Waals surface area contributed by atoms with Gasteiger partial charge < -0.3 is 9.64 Å². The van der Waals surface area contributed by atoms with Crippen LogP contribution in [0, 0.1) is 11.8 Å². The first-order valence-electron chi connectivity index (χ1n) is 5.21. The standard InChI is InChI=1S/C11H17NO2/c1-11(13)14-10-6-2-3-7-12-8-4-5-9-12/h4-10H2,1H3/p+1. The van der Waals surface area contributed by atoms with Gasteiger partial charge in [-0.3, -0.25) is 4.79 Å². The summed E-state index contributed by atoms with van der Waals surface area (Å²) in [6.07, 6.45) is 3.34. The van der Waals surface area contributed by atoms with Gasteiger partial charge in [0.05, 0.1) is 13.1 Å². The summed E-state index contributed by atoms with van der Waals surface area (Å²) in [5.41, 5.74) is 0. The van der Waals surface area contributed by atoms with Crippen molar-refractivity contribution >= 4 is 5.97 Å². The van der Waals surface area contributed by atoms with Crippen molar-refractivity contribution in [3.8, 4) is 11.8 Å². The van der Waals surface area contributed by atoms with Crippen LogP contribution in [0.2, 0.25) is 0 Å². The molecule has 0 aromatic heterocycles. The fourth-order valence-electron chi connectivity index (χ4n) is 1.57. The largest absolute Gasteiger partial charge is 0.465 e. The number of hydrogen-bond donors (Lipinski definition) is 1. The molecule has 0 aromatic carbocycles. The van der Waals surface area contributed by atoms with Crippen LogP contribution in [0.1, 0.15) is 26.2 Å². The minimum Gasteiger partial charge on any atom is -0.465 e. The van der Waals surface area contributed by atoms with E-state index in [1.165, 1.54) is 32.9 Å². The Hall–Kier alpha value is -1.01. The Kier molecular flexibility index (Phi) is 5.09. The molecule has 1 heterocycles. The average molecular weight is 196 g/mol. The van der Waals surface area contributed by atoms with Crippen LogP contribution in [0.3, 0.4) is 0 Å². The van der Waals surface area contributed by atoms with Gasteiger partial charge in [-0.2, -0.15) is 0 Å². The van der Waals surface area contributed by atoms with E-state index in [9.17, 15) is 4.79 Å². The van der Waals surface area contributed by atoms with Crippen molar-refractivity contribution in [1.82, 2.24) is 0 Å². The highest BCUT2D eigenvalue weighted by molar-refractivity contribution is 5.65. The monoisotopic (exact) mass is 196 g/mol. The molecule has 0 atom stereocenters. The van der Waals surface area contributed by atoms with E-state index in [-0.39, 0.29) is 5.97 Å². The van der Waals surface area contributed by atoms with Gasteiger partial charge in [-0.1, -0.05) is 5.92 Å². The molecule has 0 unspecified atom stereocenters. The van der Waals surface area contributed by atoms with Crippen LogP contribution in [-0.2, 0) is 9.53 Å². The maximum absolute atomic E-state index is 10.4. The smallest absolute Gasteiger partial charge is 0.302 e. The molecule has 1 N–H and O–H groups in total. The van der Waals surface area contributed by atoms with Gasteiger partial charge in [-0.15, -0.1) is 0 Å². The zero-order chi connectivity index (χ0) is 10.2. The van der Waals surface area contributed by atoms with Gasteiger partial charge in [0.15, 0.2) is 0 Å². The van der Waals surface area contributed by atoms with Crippen molar-refractivity contribution < 1.29 is 14.4 Å². The molecule has 78 valence electrons. The second-order valence-corrected chi connectivity index (χ2v) is 3.58. The molecule has 0 amide bonds. The summed E-state index contributed by atoms with van der Waals surface area (Å²) in [5.74, 6) is 5.92. The van der Waals surface area contributed by atoms with Crippen LogP contribution >= 0.6 is 0 Å². The first kappa shape index (κ1) is 11.1. The molecule has 0 spiro atoms. The Labute approximate surface area is 85.4 Å². The quantitative estimate of drug-likeness (QED) is 0.379. The SMILES string of the molecule is CC(=O)OCCC#CC[NH+]1CCCC1. The molecule has 14 heavy (non-hydrogen) atoms. The maximum atomic E-state index is 10.4. The second-order valence-electron chi connectivity index (χ2n) is 3.58. The van der Waals surface area contributed by atoms with E-state index in [1.54, 1.807) is 4.90 Å². The van der Waals surface area contributed by atoms with Gasteiger partial charge in [0.2, 0.25) is 0 Å². The summed E-state index contributed by atoms with van der Waals surface area (Å²) in [6.45, 7) is 5.32. The van der Waals surface area contributed by atoms with E-state index in [0.29, 0.717) is 13.0 Å². The van der Waals surface area contributed by atoms with Gasteiger partial charge in [-0.05, 0) is 5.92 Å². The highest BCUT2D eigenvalue weighted by Crippen LogP contribution is 1.86. The Balaban J connectivity index is 1.99. The predicted octanol–water partition coefficient (Wildman–Crippen LogP) is -0.378. The van der Waals surface area contributed by atoms with Crippen LogP contribution in [-0.4, -0.2) is 32.2 Å². The number of carbonyl (C=O) groups is 1. The average Bonchev–Trinajstić information content (AvgIpc) is 2.63. The van der Waals surface area contributed by atoms with Crippen LogP contribution in [0.25, 0.3) is 0 Å². The number of ether oxygens (including phenoxy) is 1. The van der Waals surface area contributed by atoms with Crippen LogP contribution in [0.15, 0.2) is 0 Å². The zero-order valence-electron chi connectivity index (χ0n) is 8.77. The van der Waals surface area contributed by atoms with E-state index >= 15 is 0 Å². The van der Waals surface area contributed by atoms with Crippen molar-refractivity contribution in [2.75, 3.05) is 26.2 Å². The first-order valence-corrected chi connectivity index (χ1v) is 5.21. The minimum atomic E-state index is -0.225. The first-order chi connectivity index (χ1) is 6.79. The summed E-state index contributed by atoms with van der Waals surface area (Å²) in [7, 11) is 0. The number of esters is 1. The Morgan fingerprint density at radius 3 is 2.71 bits per heavy atom. The Morgan fingerprint density at radius 1 is 1.36 bits per heavy atom. The summed E-state index contributed by atoms with van der Waals surface area (Å²) in [6, 6.07) is 0. The molecule has 0 radical (unpaired) electrons. The number of nitrogens with one attached hydrogen (secondary N) is 1. The van der Waals surface area contributed by atoms with E-state index < -0.39 is 0 Å². The summed E-state index contributed by atoms with van der Waals surface area (Å²) in [4.78, 5) is 12.0. The molecule has 0 bridgehead atoms. The molecule has 0 aliphatic carbocycles. The van der Waals surface area contributed by atoms with Crippen molar-refractivity contribution in [2.45, 2.75) is 26.2 Å². The topological polar surface area (TPSA) is 30.7 Å². The normalized spacial score (nSPS) is 16.1. The summed E-state index contributed by atoms with van der Waals surface area (Å²) in [5, 5.41) is 0. The van der Waals surface area contributed by atoms with Crippen molar-refractivity contribution in [2.24, 2.45) is 0 Å². The summed E-state index contributed by atoms with van der Waals surface area (Å²) >= 11 is 0. The van der Waals surface area contributed by atoms with Gasteiger partial charge in [-0.25, -0.2) is 0 Å². The number of carbonyl (C=O) groups excluding carboxylic acids is 1. The van der Waals surface area contributed by atoms with Gasteiger partial charge in [0.1, 0.15) is 13.2 Å². The number of hydrogen-bond acceptors (Lipinski definition) is 2. The number of rotatable bonds is 3. The molecule has 3 nitrogen and oxygen atoms in total. The fourth-order valence-corrected chi connectivity index (χ4v) is 1.57. The summed E-state index contributed by atoms with van der Waals surface area (Å²) < 4.78 is 4.77. The van der Waals surface area contributed by atoms with E-state index in [0.717, 1.165) is 6.54 Å². The van der Waals surface area contributed by atoms with Crippen LogP contribution in [0.5, 0.6) is 0 Å². The molecule has 1 rings (SSSR count). The Bertz CT molecular complexity index is 233. The maximum Gasteiger partial charge on any atom is 0.302 e. The third kappa shape index (κ3) is 4.88. The lowest BCUT2D eigenvalue weighted by atomic mass is 10.4. The Morgan fingerprint density at radius 2 is 2.07 bits per heavy atom. The molecule has 1 fully saturated rings. The molecular weight excluding hydrogens is 178 g/mol. The minimum absolute atomic E-state index is 0.225. The fraction of sp³-hybridized carbons (Fsp3) is 0.727. The van der Waals surface area contributed by atoms with Crippen molar-refractivity contribution in [3.63, 3.8) is 0 Å². The molecule has 0 aromatic rings. The third-order valence-corrected chi connectivity index (χ3v) is 2.31. The predicted molar refractivity (Wildman–Crippen MR) is 53.8 cm³/mol. The number of quaternary nitrogens is 1. The molecule has 3 heteroatoms. The number of likely N-dealkylation sites (tertiary alicyclic amines) is 1. The molecule has 1 saturated heterocycles. The zero-order valence-corrected chi connectivity index (χ0v) is 8.77. The van der Waals surface area contributed by atoms with Gasteiger partial charge >= 0.3 is 5.97 Å². The van der Waals surface area contributed by atoms with Gasteiger partial charge in [0.25, 0.3) is 0 Å². The van der Waals surface area contributed by atoms with E-state index in [1.807, 2.05) is 0 Å². The van der Waals surface area contributed by atoms with Gasteiger partial charge in [0, 0.05) is 26.2 Å². The molecule has 0 saturated carbocycles. The van der Waals surface area contributed by atoms with E-state index in [4.69, 9.17) is 4.74 Å². The van der Waals surface area contributed by atoms with Crippen LogP contribution in [0.4, 0.5) is 0 Å². The van der Waals surface area contributed by atoms with Crippen molar-refractivity contribution in [1.29, 1.82) is 0 Å². The lowest BCUT2D eigenvalue weighted by molar-refractivity contribution is -0.879. The lowest BCUT2D eigenvalue weighted by Crippen LogP contribution is -3.09. The van der Waals surface area contributed by atoms with Crippen molar-refractivity contribution in [3.05, 3.63) is 0 Å². The lowest BCUT2D eigenvalue weighted by Gasteiger charge is -2.05. The molecule has 1 aliphatic heterocycles. The molecule has 1 aliphatic rings. The van der Waals surface area contributed by atoms with Crippen LogP contribution < -0.4 is 4.90 Å². The third-order valence-electron chi connectivity index (χ3n) is 2.31. The second kappa shape index (κ2) is 6.44.